The van der Waals surface area contributed by atoms with Crippen LogP contribution in [0.1, 0.15) is 31.4 Å². The third kappa shape index (κ3) is 7.55. The van der Waals surface area contributed by atoms with E-state index in [1.807, 2.05) is 6.92 Å². The predicted molar refractivity (Wildman–Crippen MR) is 134 cm³/mol. The maximum absolute atomic E-state index is 10.8. The van der Waals surface area contributed by atoms with E-state index in [0.717, 1.165) is 51.8 Å². The van der Waals surface area contributed by atoms with Crippen LogP contribution in [0.3, 0.4) is 0 Å². The average Bonchev–Trinajstić information content (AvgIpc) is 2.70. The summed E-state index contributed by atoms with van der Waals surface area (Å²) >= 11 is 0. The summed E-state index contributed by atoms with van der Waals surface area (Å²) in [6.45, 7) is 10.8. The van der Waals surface area contributed by atoms with Crippen molar-refractivity contribution < 1.29 is 9.84 Å². The Kier molecular flexibility index (Phi) is 10.1. The fourth-order valence-corrected chi connectivity index (χ4v) is 4.02. The summed E-state index contributed by atoms with van der Waals surface area (Å²) in [5, 5.41) is 17.4. The highest BCUT2D eigenvalue weighted by Crippen LogP contribution is 2.26. The Hall–Kier alpha value is -1.10. The number of morpholine rings is 1. The number of nitrogens with one attached hydrogen (secondary N) is 2. The Morgan fingerprint density at radius 3 is 2.73 bits per heavy atom. The first kappa shape index (κ1) is 25.2. The number of halogens is 1. The number of anilines is 1. The second kappa shape index (κ2) is 12.1. The number of aliphatic imine (C=N–C) groups is 1. The Morgan fingerprint density at radius 2 is 2.00 bits per heavy atom. The van der Waals surface area contributed by atoms with E-state index >= 15 is 0 Å². The Labute approximate surface area is 198 Å². The molecule has 1 aromatic rings. The summed E-state index contributed by atoms with van der Waals surface area (Å²) in [6.07, 6.45) is 2.35. The van der Waals surface area contributed by atoms with E-state index in [-0.39, 0.29) is 24.0 Å². The lowest BCUT2D eigenvalue weighted by molar-refractivity contribution is -0.0201. The van der Waals surface area contributed by atoms with E-state index < -0.39 is 5.60 Å². The molecule has 2 aliphatic heterocycles. The van der Waals surface area contributed by atoms with Gasteiger partial charge >= 0.3 is 0 Å². The molecule has 170 valence electrons. The van der Waals surface area contributed by atoms with Crippen LogP contribution < -0.4 is 15.5 Å². The van der Waals surface area contributed by atoms with Crippen LogP contribution in [0.15, 0.2) is 23.2 Å². The number of guanidine groups is 1. The summed E-state index contributed by atoms with van der Waals surface area (Å²) < 4.78 is 5.39. The average molecular weight is 531 g/mol. The minimum absolute atomic E-state index is 0. The molecule has 1 saturated heterocycles. The fraction of sp³-hybridized carbons (Fsp3) is 0.682. The van der Waals surface area contributed by atoms with Gasteiger partial charge in [0.15, 0.2) is 5.96 Å². The molecule has 2 heterocycles. The van der Waals surface area contributed by atoms with Crippen molar-refractivity contribution in [3.8, 4) is 0 Å². The largest absolute Gasteiger partial charge is 0.387 e. The van der Waals surface area contributed by atoms with Crippen LogP contribution in [0.2, 0.25) is 0 Å². The van der Waals surface area contributed by atoms with E-state index in [4.69, 9.17) is 9.73 Å². The van der Waals surface area contributed by atoms with Gasteiger partial charge in [-0.1, -0.05) is 12.1 Å². The fourth-order valence-electron chi connectivity index (χ4n) is 4.02. The number of ether oxygens (including phenoxy) is 1. The monoisotopic (exact) mass is 531 g/mol. The van der Waals surface area contributed by atoms with Gasteiger partial charge in [0.2, 0.25) is 0 Å². The van der Waals surface area contributed by atoms with Crippen LogP contribution >= 0.6 is 24.0 Å². The van der Waals surface area contributed by atoms with Crippen molar-refractivity contribution in [1.82, 2.24) is 15.5 Å². The zero-order valence-corrected chi connectivity index (χ0v) is 20.9. The van der Waals surface area contributed by atoms with E-state index in [0.29, 0.717) is 19.6 Å². The summed E-state index contributed by atoms with van der Waals surface area (Å²) in [4.78, 5) is 9.31. The molecule has 30 heavy (non-hydrogen) atoms. The van der Waals surface area contributed by atoms with Crippen molar-refractivity contribution in [2.75, 3.05) is 64.4 Å². The minimum Gasteiger partial charge on any atom is -0.387 e. The van der Waals surface area contributed by atoms with Gasteiger partial charge in [-0.15, -0.1) is 24.0 Å². The van der Waals surface area contributed by atoms with Gasteiger partial charge in [0, 0.05) is 52.0 Å². The molecule has 0 amide bonds. The summed E-state index contributed by atoms with van der Waals surface area (Å²) in [5.74, 6) is 0.740. The molecule has 0 aromatic heterocycles. The van der Waals surface area contributed by atoms with E-state index in [2.05, 4.69) is 52.6 Å². The van der Waals surface area contributed by atoms with E-state index in [1.165, 1.54) is 23.2 Å². The van der Waals surface area contributed by atoms with Crippen molar-refractivity contribution in [2.45, 2.75) is 38.8 Å². The molecule has 1 unspecified atom stereocenters. The third-order valence-corrected chi connectivity index (χ3v) is 5.56. The molecule has 3 rings (SSSR count). The molecule has 0 saturated carbocycles. The molecular weight excluding hydrogens is 493 g/mol. The standard InChI is InChI=1S/C22H37N5O2.HI/c1-4-23-21(25-16-22(2,28)17-27-10-12-29-13-11-27)24-15-18-7-8-20-19(14-18)6-5-9-26(20)3;/h7-8,14,28H,4-6,9-13,15-17H2,1-3H3,(H2,23,24,25);1H. The second-order valence-corrected chi connectivity index (χ2v) is 8.42. The van der Waals surface area contributed by atoms with Crippen LogP contribution in [-0.4, -0.2) is 81.1 Å². The predicted octanol–water partition coefficient (Wildman–Crippen LogP) is 1.83. The van der Waals surface area contributed by atoms with Crippen LogP contribution in [0.4, 0.5) is 5.69 Å². The number of hydrogen-bond donors (Lipinski definition) is 3. The molecular formula is C22H38IN5O2. The van der Waals surface area contributed by atoms with Gasteiger partial charge in [-0.05, 0) is 43.9 Å². The molecule has 0 aliphatic carbocycles. The first-order chi connectivity index (χ1) is 14.0. The van der Waals surface area contributed by atoms with E-state index in [1.54, 1.807) is 0 Å². The highest BCUT2D eigenvalue weighted by atomic mass is 127. The number of aliphatic hydroxyl groups is 1. The van der Waals surface area contributed by atoms with E-state index in [9.17, 15) is 5.11 Å². The van der Waals surface area contributed by atoms with Crippen molar-refractivity contribution in [2.24, 2.45) is 4.99 Å². The highest BCUT2D eigenvalue weighted by Gasteiger charge is 2.25. The van der Waals surface area contributed by atoms with Crippen LogP contribution in [0.5, 0.6) is 0 Å². The number of fused-ring (bicyclic) bond motifs is 1. The lowest BCUT2D eigenvalue weighted by Crippen LogP contribution is -2.52. The molecule has 0 radical (unpaired) electrons. The quantitative estimate of drug-likeness (QED) is 0.284. The Bertz CT molecular complexity index is 692. The van der Waals surface area contributed by atoms with Crippen molar-refractivity contribution >= 4 is 35.6 Å². The first-order valence-corrected chi connectivity index (χ1v) is 10.8. The molecule has 1 aromatic carbocycles. The molecule has 7 nitrogen and oxygen atoms in total. The summed E-state index contributed by atoms with van der Waals surface area (Å²) in [5.41, 5.74) is 3.14. The van der Waals surface area contributed by atoms with Crippen LogP contribution in [0.25, 0.3) is 0 Å². The molecule has 1 fully saturated rings. The molecule has 0 bridgehead atoms. The lowest BCUT2D eigenvalue weighted by Gasteiger charge is -2.34. The highest BCUT2D eigenvalue weighted by molar-refractivity contribution is 14.0. The van der Waals surface area contributed by atoms with Gasteiger partial charge < -0.3 is 25.4 Å². The van der Waals surface area contributed by atoms with Crippen molar-refractivity contribution in [1.29, 1.82) is 0 Å². The maximum Gasteiger partial charge on any atom is 0.191 e. The number of aryl methyl sites for hydroxylation is 1. The van der Waals surface area contributed by atoms with Gasteiger partial charge in [-0.3, -0.25) is 4.90 Å². The van der Waals surface area contributed by atoms with Gasteiger partial charge in [-0.2, -0.15) is 0 Å². The minimum atomic E-state index is -0.829. The van der Waals surface area contributed by atoms with Gasteiger partial charge in [0.1, 0.15) is 0 Å². The smallest absolute Gasteiger partial charge is 0.191 e. The lowest BCUT2D eigenvalue weighted by atomic mass is 10.00. The zero-order chi connectivity index (χ0) is 20.7. The third-order valence-electron chi connectivity index (χ3n) is 5.56. The van der Waals surface area contributed by atoms with Gasteiger partial charge in [-0.25, -0.2) is 4.99 Å². The molecule has 2 aliphatic rings. The number of β-amino-alcohol motifs (C(OH)–C–C–N with tert-alkyl or cyclic N) is 1. The zero-order valence-electron chi connectivity index (χ0n) is 18.6. The number of hydrogen-bond acceptors (Lipinski definition) is 5. The number of nitrogens with zero attached hydrogens (tertiary/aromatic N) is 3. The SMILES string of the molecule is CCNC(=NCc1ccc2c(c1)CCCN2C)NCC(C)(O)CN1CCOCC1.I. The summed E-state index contributed by atoms with van der Waals surface area (Å²) in [7, 11) is 2.16. The Morgan fingerprint density at radius 1 is 1.23 bits per heavy atom. The Balaban J connectivity index is 0.00000320. The molecule has 1 atom stereocenters. The summed E-state index contributed by atoms with van der Waals surface area (Å²) in [6, 6.07) is 6.67. The maximum atomic E-state index is 10.8. The number of rotatable bonds is 7. The van der Waals surface area contributed by atoms with Crippen LogP contribution in [0, 0.1) is 0 Å². The van der Waals surface area contributed by atoms with Gasteiger partial charge in [0.05, 0.1) is 25.4 Å². The molecule has 0 spiro atoms. The topological polar surface area (TPSA) is 72.4 Å². The van der Waals surface area contributed by atoms with Crippen molar-refractivity contribution in [3.05, 3.63) is 29.3 Å². The first-order valence-electron chi connectivity index (χ1n) is 10.8. The molecule has 3 N–H and O–H groups in total. The normalized spacial score (nSPS) is 19.5. The second-order valence-electron chi connectivity index (χ2n) is 8.42. The van der Waals surface area contributed by atoms with Gasteiger partial charge in [0.25, 0.3) is 0 Å². The number of benzene rings is 1. The van der Waals surface area contributed by atoms with Crippen LogP contribution in [-0.2, 0) is 17.7 Å². The van der Waals surface area contributed by atoms with Crippen molar-refractivity contribution in [3.63, 3.8) is 0 Å². The molecule has 8 heteroatoms.